The number of nitrogens with zero attached hydrogens (tertiary/aromatic N) is 1. The number of rotatable bonds is 8. The van der Waals surface area contributed by atoms with Crippen molar-refractivity contribution < 1.29 is 4.74 Å². The summed E-state index contributed by atoms with van der Waals surface area (Å²) < 4.78 is 5.66. The third-order valence-electron chi connectivity index (χ3n) is 2.49. The molecule has 4 heteroatoms. The minimum Gasteiger partial charge on any atom is -0.378 e. The molecule has 0 rings (SSSR count). The first-order chi connectivity index (χ1) is 7.97. The topological polar surface area (TPSA) is 59.6 Å². The van der Waals surface area contributed by atoms with E-state index in [4.69, 9.17) is 10.5 Å². The van der Waals surface area contributed by atoms with E-state index in [-0.39, 0.29) is 0 Å². The molecule has 17 heavy (non-hydrogen) atoms. The quantitative estimate of drug-likeness (QED) is 0.506. The highest BCUT2D eigenvalue weighted by molar-refractivity contribution is 5.77. The molecule has 0 bridgehead atoms. The van der Waals surface area contributed by atoms with Gasteiger partial charge in [0, 0.05) is 19.7 Å². The van der Waals surface area contributed by atoms with Gasteiger partial charge in [-0.25, -0.2) is 0 Å². The maximum Gasteiger partial charge on any atom is 0.188 e. The van der Waals surface area contributed by atoms with Gasteiger partial charge in [0.1, 0.15) is 0 Å². The third-order valence-corrected chi connectivity index (χ3v) is 2.49. The molecule has 0 aromatic carbocycles. The molecule has 0 heterocycles. The number of guanidine groups is 1. The van der Waals surface area contributed by atoms with Crippen LogP contribution in [0.4, 0.5) is 0 Å². The molecule has 0 spiro atoms. The molecule has 0 fully saturated rings. The van der Waals surface area contributed by atoms with E-state index < -0.39 is 0 Å². The first kappa shape index (κ1) is 16.2. The standard InChI is InChI=1S/C13H29N3O/c1-6-17-12(11(4)5)7-8-15-13(14)16-9-10(2)3/h10-12H,6-9H2,1-5H3,(H3,14,15,16). The summed E-state index contributed by atoms with van der Waals surface area (Å²) in [4.78, 5) is 4.25. The lowest BCUT2D eigenvalue weighted by Crippen LogP contribution is -2.35. The van der Waals surface area contributed by atoms with Crippen molar-refractivity contribution in [2.45, 2.75) is 47.1 Å². The predicted molar refractivity (Wildman–Crippen MR) is 74.2 cm³/mol. The van der Waals surface area contributed by atoms with Gasteiger partial charge >= 0.3 is 0 Å². The molecule has 0 saturated carbocycles. The summed E-state index contributed by atoms with van der Waals surface area (Å²) in [6, 6.07) is 0. The lowest BCUT2D eigenvalue weighted by molar-refractivity contribution is 0.0258. The maximum atomic E-state index is 5.76. The van der Waals surface area contributed by atoms with E-state index in [0.717, 1.165) is 26.1 Å². The van der Waals surface area contributed by atoms with E-state index in [1.807, 2.05) is 6.92 Å². The molecular formula is C13H29N3O. The minimum absolute atomic E-state index is 0.297. The second kappa shape index (κ2) is 9.28. The third kappa shape index (κ3) is 8.98. The average Bonchev–Trinajstić information content (AvgIpc) is 2.25. The van der Waals surface area contributed by atoms with Crippen LogP contribution < -0.4 is 11.1 Å². The zero-order valence-electron chi connectivity index (χ0n) is 12.0. The second-order valence-corrected chi connectivity index (χ2v) is 5.07. The lowest BCUT2D eigenvalue weighted by Gasteiger charge is -2.21. The molecule has 0 aliphatic rings. The molecule has 0 aromatic rings. The van der Waals surface area contributed by atoms with Crippen molar-refractivity contribution in [1.29, 1.82) is 0 Å². The Labute approximate surface area is 106 Å². The van der Waals surface area contributed by atoms with Gasteiger partial charge in [0.05, 0.1) is 6.10 Å². The molecule has 0 aromatic heterocycles. The number of hydrogen-bond donors (Lipinski definition) is 2. The minimum atomic E-state index is 0.297. The van der Waals surface area contributed by atoms with Crippen LogP contribution >= 0.6 is 0 Å². The maximum absolute atomic E-state index is 5.76. The lowest BCUT2D eigenvalue weighted by atomic mass is 10.0. The van der Waals surface area contributed by atoms with Crippen LogP contribution in [0.1, 0.15) is 41.0 Å². The Hall–Kier alpha value is -0.770. The molecular weight excluding hydrogens is 214 g/mol. The van der Waals surface area contributed by atoms with Gasteiger partial charge in [-0.1, -0.05) is 27.7 Å². The molecule has 0 amide bonds. The van der Waals surface area contributed by atoms with Gasteiger partial charge < -0.3 is 15.8 Å². The van der Waals surface area contributed by atoms with Crippen molar-refractivity contribution >= 4 is 5.96 Å². The Bertz CT molecular complexity index is 215. The van der Waals surface area contributed by atoms with Crippen molar-refractivity contribution in [2.24, 2.45) is 22.6 Å². The predicted octanol–water partition coefficient (Wildman–Crippen LogP) is 2.00. The summed E-state index contributed by atoms with van der Waals surface area (Å²) in [5, 5.41) is 3.13. The molecule has 1 atom stereocenters. The van der Waals surface area contributed by atoms with Gasteiger partial charge in [-0.15, -0.1) is 0 Å². The highest BCUT2D eigenvalue weighted by atomic mass is 16.5. The van der Waals surface area contributed by atoms with Crippen LogP contribution in [0.25, 0.3) is 0 Å². The van der Waals surface area contributed by atoms with Crippen molar-refractivity contribution in [3.8, 4) is 0 Å². The summed E-state index contributed by atoms with van der Waals surface area (Å²) in [7, 11) is 0. The number of nitrogens with two attached hydrogens (primary N) is 1. The molecule has 1 unspecified atom stereocenters. The smallest absolute Gasteiger partial charge is 0.188 e. The van der Waals surface area contributed by atoms with Crippen molar-refractivity contribution in [3.63, 3.8) is 0 Å². The molecule has 0 aliphatic carbocycles. The van der Waals surface area contributed by atoms with E-state index in [2.05, 4.69) is 38.0 Å². The van der Waals surface area contributed by atoms with Crippen LogP contribution in [0.5, 0.6) is 0 Å². The Kier molecular flexibility index (Phi) is 8.86. The summed E-state index contributed by atoms with van der Waals surface area (Å²) in [6.45, 7) is 13.0. The van der Waals surface area contributed by atoms with Gasteiger partial charge in [-0.2, -0.15) is 0 Å². The van der Waals surface area contributed by atoms with E-state index in [9.17, 15) is 0 Å². The summed E-state index contributed by atoms with van der Waals surface area (Å²) in [5.41, 5.74) is 5.76. The Morgan fingerprint density at radius 1 is 1.29 bits per heavy atom. The number of nitrogens with one attached hydrogen (secondary N) is 1. The fourth-order valence-electron chi connectivity index (χ4n) is 1.50. The Morgan fingerprint density at radius 2 is 1.94 bits per heavy atom. The van der Waals surface area contributed by atoms with E-state index in [1.165, 1.54) is 0 Å². The largest absolute Gasteiger partial charge is 0.378 e. The van der Waals surface area contributed by atoms with Crippen molar-refractivity contribution in [2.75, 3.05) is 19.7 Å². The fraction of sp³-hybridized carbons (Fsp3) is 0.923. The van der Waals surface area contributed by atoms with E-state index in [1.54, 1.807) is 0 Å². The SMILES string of the molecule is CCOC(CCNC(N)=NCC(C)C)C(C)C. The second-order valence-electron chi connectivity index (χ2n) is 5.07. The van der Waals surface area contributed by atoms with E-state index >= 15 is 0 Å². The van der Waals surface area contributed by atoms with Crippen LogP contribution in [0.2, 0.25) is 0 Å². The molecule has 3 N–H and O–H groups in total. The van der Waals surface area contributed by atoms with Crippen molar-refractivity contribution in [1.82, 2.24) is 5.32 Å². The van der Waals surface area contributed by atoms with Crippen LogP contribution in [-0.4, -0.2) is 31.8 Å². The van der Waals surface area contributed by atoms with Crippen LogP contribution in [0.15, 0.2) is 4.99 Å². The number of ether oxygens (including phenoxy) is 1. The van der Waals surface area contributed by atoms with Crippen LogP contribution in [0.3, 0.4) is 0 Å². The zero-order valence-corrected chi connectivity index (χ0v) is 12.0. The zero-order chi connectivity index (χ0) is 13.3. The number of aliphatic imine (C=N–C) groups is 1. The molecule has 4 nitrogen and oxygen atoms in total. The van der Waals surface area contributed by atoms with Gasteiger partial charge in [-0.05, 0) is 25.2 Å². The normalized spacial score (nSPS) is 14.4. The first-order valence-corrected chi connectivity index (χ1v) is 6.62. The average molecular weight is 243 g/mol. The summed E-state index contributed by atoms with van der Waals surface area (Å²) >= 11 is 0. The van der Waals surface area contributed by atoms with Gasteiger partial charge in [0.15, 0.2) is 5.96 Å². The Balaban J connectivity index is 3.83. The molecule has 0 radical (unpaired) electrons. The van der Waals surface area contributed by atoms with Crippen molar-refractivity contribution in [3.05, 3.63) is 0 Å². The molecule has 102 valence electrons. The fourth-order valence-corrected chi connectivity index (χ4v) is 1.50. The van der Waals surface area contributed by atoms with Gasteiger partial charge in [0.2, 0.25) is 0 Å². The van der Waals surface area contributed by atoms with E-state index in [0.29, 0.717) is 23.9 Å². The molecule has 0 saturated heterocycles. The summed E-state index contributed by atoms with van der Waals surface area (Å²) in [6.07, 6.45) is 1.26. The summed E-state index contributed by atoms with van der Waals surface area (Å²) in [5.74, 6) is 1.62. The highest BCUT2D eigenvalue weighted by Crippen LogP contribution is 2.09. The van der Waals surface area contributed by atoms with Gasteiger partial charge in [0.25, 0.3) is 0 Å². The van der Waals surface area contributed by atoms with Crippen LogP contribution in [-0.2, 0) is 4.74 Å². The molecule has 0 aliphatic heterocycles. The number of hydrogen-bond acceptors (Lipinski definition) is 2. The van der Waals surface area contributed by atoms with Crippen LogP contribution in [0, 0.1) is 11.8 Å². The first-order valence-electron chi connectivity index (χ1n) is 6.62. The van der Waals surface area contributed by atoms with Gasteiger partial charge in [-0.3, -0.25) is 4.99 Å². The Morgan fingerprint density at radius 3 is 2.41 bits per heavy atom. The monoisotopic (exact) mass is 243 g/mol. The highest BCUT2D eigenvalue weighted by Gasteiger charge is 2.12.